The second kappa shape index (κ2) is 9.82. The third-order valence-electron chi connectivity index (χ3n) is 5.16. The minimum atomic E-state index is -0.692. The highest BCUT2D eigenvalue weighted by Crippen LogP contribution is 2.20. The molecule has 31 heavy (non-hydrogen) atoms. The van der Waals surface area contributed by atoms with Crippen molar-refractivity contribution < 1.29 is 14.3 Å². The van der Waals surface area contributed by atoms with E-state index in [1.165, 1.54) is 11.6 Å². The van der Waals surface area contributed by atoms with Gasteiger partial charge in [0.25, 0.3) is 5.56 Å². The summed E-state index contributed by atoms with van der Waals surface area (Å²) in [5.41, 5.74) is 5.33. The van der Waals surface area contributed by atoms with Crippen LogP contribution >= 0.6 is 0 Å². The highest BCUT2D eigenvalue weighted by atomic mass is 16.5. The Balaban J connectivity index is 1.72. The number of hydrogen-bond donors (Lipinski definition) is 2. The lowest BCUT2D eigenvalue weighted by Gasteiger charge is -2.16. The van der Waals surface area contributed by atoms with Gasteiger partial charge in [0.15, 0.2) is 5.78 Å². The standard InChI is InChI=1S/C22H30N4O5/c1-14(2)12-26-20(23)19(21(28)25(3)22(26)29)18(27)11-24-15-6-4-7-16(10-15)31-13-17-8-5-9-30-17/h4,6-7,10,14,17,24H,5,8-9,11-13,23H2,1-3H3. The largest absolute Gasteiger partial charge is 0.491 e. The maximum absolute atomic E-state index is 12.8. The Morgan fingerprint density at radius 1 is 1.35 bits per heavy atom. The fourth-order valence-electron chi connectivity index (χ4n) is 3.52. The number of anilines is 2. The van der Waals surface area contributed by atoms with Gasteiger partial charge in [-0.05, 0) is 30.9 Å². The van der Waals surface area contributed by atoms with Crippen molar-refractivity contribution >= 4 is 17.3 Å². The number of Topliss-reactive ketones (excluding diaryl/α,β-unsaturated/α-hetero) is 1. The first-order valence-electron chi connectivity index (χ1n) is 10.5. The minimum Gasteiger partial charge on any atom is -0.491 e. The van der Waals surface area contributed by atoms with Gasteiger partial charge in [-0.2, -0.15) is 0 Å². The second-order valence-electron chi connectivity index (χ2n) is 8.16. The first-order chi connectivity index (χ1) is 14.8. The molecule has 1 aromatic carbocycles. The summed E-state index contributed by atoms with van der Waals surface area (Å²) >= 11 is 0. The minimum absolute atomic E-state index is 0.0951. The van der Waals surface area contributed by atoms with E-state index in [-0.39, 0.29) is 29.9 Å². The zero-order valence-electron chi connectivity index (χ0n) is 18.2. The van der Waals surface area contributed by atoms with E-state index in [0.717, 1.165) is 24.0 Å². The number of carbonyl (C=O) groups excluding carboxylic acids is 1. The highest BCUT2D eigenvalue weighted by Gasteiger charge is 2.22. The predicted octanol–water partition coefficient (Wildman–Crippen LogP) is 1.64. The van der Waals surface area contributed by atoms with E-state index in [9.17, 15) is 14.4 Å². The monoisotopic (exact) mass is 430 g/mol. The fourth-order valence-corrected chi connectivity index (χ4v) is 3.52. The molecule has 1 fully saturated rings. The Morgan fingerprint density at radius 2 is 2.13 bits per heavy atom. The molecule has 0 saturated carbocycles. The van der Waals surface area contributed by atoms with Gasteiger partial charge in [0.1, 0.15) is 23.7 Å². The molecule has 0 bridgehead atoms. The Labute approximate surface area is 180 Å². The number of carbonyl (C=O) groups is 1. The van der Waals surface area contributed by atoms with Gasteiger partial charge in [-0.15, -0.1) is 0 Å². The molecule has 1 atom stereocenters. The average molecular weight is 431 g/mol. The fraction of sp³-hybridized carbons (Fsp3) is 0.500. The summed E-state index contributed by atoms with van der Waals surface area (Å²) in [4.78, 5) is 37.8. The predicted molar refractivity (Wildman–Crippen MR) is 119 cm³/mol. The molecule has 9 heteroatoms. The summed E-state index contributed by atoms with van der Waals surface area (Å²) in [6.07, 6.45) is 2.14. The molecule has 9 nitrogen and oxygen atoms in total. The maximum Gasteiger partial charge on any atom is 0.332 e. The zero-order valence-corrected chi connectivity index (χ0v) is 18.2. The van der Waals surface area contributed by atoms with Crippen LogP contribution < -0.4 is 27.0 Å². The molecular formula is C22H30N4O5. The van der Waals surface area contributed by atoms with E-state index in [0.29, 0.717) is 24.6 Å². The number of ether oxygens (including phenoxy) is 2. The van der Waals surface area contributed by atoms with Gasteiger partial charge in [-0.25, -0.2) is 4.79 Å². The molecule has 0 spiro atoms. The Morgan fingerprint density at radius 3 is 2.81 bits per heavy atom. The molecule has 1 aliphatic rings. The van der Waals surface area contributed by atoms with E-state index in [1.807, 2.05) is 26.0 Å². The van der Waals surface area contributed by atoms with E-state index in [1.54, 1.807) is 12.1 Å². The summed E-state index contributed by atoms with van der Waals surface area (Å²) in [5.74, 6) is 0.202. The Hall–Kier alpha value is -3.07. The maximum atomic E-state index is 12.8. The van der Waals surface area contributed by atoms with Crippen molar-refractivity contribution in [2.45, 2.75) is 39.3 Å². The SMILES string of the molecule is CC(C)Cn1c(N)c(C(=O)CNc2cccc(OCC3CCCO3)c2)c(=O)n(C)c1=O. The van der Waals surface area contributed by atoms with Crippen LogP contribution in [0.3, 0.4) is 0 Å². The van der Waals surface area contributed by atoms with E-state index in [2.05, 4.69) is 5.32 Å². The lowest BCUT2D eigenvalue weighted by Crippen LogP contribution is -2.43. The lowest BCUT2D eigenvalue weighted by atomic mass is 10.1. The molecule has 1 aliphatic heterocycles. The van der Waals surface area contributed by atoms with Gasteiger partial charge in [0.05, 0.1) is 12.6 Å². The normalized spacial score (nSPS) is 15.9. The Kier molecular flexibility index (Phi) is 7.17. The van der Waals surface area contributed by atoms with E-state index < -0.39 is 17.0 Å². The molecule has 3 N–H and O–H groups in total. The van der Waals surface area contributed by atoms with E-state index in [4.69, 9.17) is 15.2 Å². The number of nitrogens with two attached hydrogens (primary N) is 1. The number of benzene rings is 1. The van der Waals surface area contributed by atoms with Crippen molar-refractivity contribution in [2.75, 3.05) is 30.8 Å². The van der Waals surface area contributed by atoms with Crippen molar-refractivity contribution in [3.63, 3.8) is 0 Å². The van der Waals surface area contributed by atoms with Crippen LogP contribution in [-0.2, 0) is 18.3 Å². The summed E-state index contributed by atoms with van der Waals surface area (Å²) in [5, 5.41) is 3.01. The average Bonchev–Trinajstić information content (AvgIpc) is 3.26. The van der Waals surface area contributed by atoms with Gasteiger partial charge in [-0.3, -0.25) is 18.7 Å². The number of aromatic nitrogens is 2. The van der Waals surface area contributed by atoms with Crippen molar-refractivity contribution in [3.05, 3.63) is 50.7 Å². The topological polar surface area (TPSA) is 118 Å². The molecule has 168 valence electrons. The molecule has 0 aliphatic carbocycles. The van der Waals surface area contributed by atoms with Crippen molar-refractivity contribution in [1.82, 2.24) is 9.13 Å². The molecule has 1 aromatic heterocycles. The quantitative estimate of drug-likeness (QED) is 0.581. The van der Waals surface area contributed by atoms with Crippen LogP contribution in [0.4, 0.5) is 11.5 Å². The Bertz CT molecular complexity index is 1050. The highest BCUT2D eigenvalue weighted by molar-refractivity contribution is 6.02. The van der Waals surface area contributed by atoms with Gasteiger partial charge in [0.2, 0.25) is 0 Å². The van der Waals surface area contributed by atoms with Gasteiger partial charge < -0.3 is 20.5 Å². The van der Waals surface area contributed by atoms with Crippen LogP contribution in [0.25, 0.3) is 0 Å². The summed E-state index contributed by atoms with van der Waals surface area (Å²) in [7, 11) is 1.35. The lowest BCUT2D eigenvalue weighted by molar-refractivity contribution is 0.0680. The summed E-state index contributed by atoms with van der Waals surface area (Å²) < 4.78 is 13.5. The summed E-state index contributed by atoms with van der Waals surface area (Å²) in [6, 6.07) is 7.22. The zero-order chi connectivity index (χ0) is 22.5. The molecule has 2 heterocycles. The second-order valence-corrected chi connectivity index (χ2v) is 8.16. The smallest absolute Gasteiger partial charge is 0.332 e. The van der Waals surface area contributed by atoms with Gasteiger partial charge in [-0.1, -0.05) is 19.9 Å². The third-order valence-corrected chi connectivity index (χ3v) is 5.16. The molecule has 0 amide bonds. The molecule has 0 radical (unpaired) electrons. The number of rotatable bonds is 9. The van der Waals surface area contributed by atoms with Gasteiger partial charge >= 0.3 is 5.69 Å². The first kappa shape index (κ1) is 22.6. The van der Waals surface area contributed by atoms with Crippen LogP contribution in [0.1, 0.15) is 37.0 Å². The number of nitrogens with zero attached hydrogens (tertiary/aromatic N) is 2. The van der Waals surface area contributed by atoms with Crippen LogP contribution in [0.5, 0.6) is 5.75 Å². The van der Waals surface area contributed by atoms with Crippen LogP contribution in [0.15, 0.2) is 33.9 Å². The van der Waals surface area contributed by atoms with Crippen LogP contribution in [-0.4, -0.2) is 40.8 Å². The number of hydrogen-bond acceptors (Lipinski definition) is 7. The molecule has 1 unspecified atom stereocenters. The number of nitrogen functional groups attached to an aromatic ring is 1. The van der Waals surface area contributed by atoms with Crippen LogP contribution in [0.2, 0.25) is 0 Å². The molecule has 1 saturated heterocycles. The molecule has 2 aromatic rings. The first-order valence-corrected chi connectivity index (χ1v) is 10.5. The number of nitrogens with one attached hydrogen (secondary N) is 1. The van der Waals surface area contributed by atoms with Gasteiger partial charge in [0, 0.05) is 32.0 Å². The van der Waals surface area contributed by atoms with Crippen molar-refractivity contribution in [3.8, 4) is 5.75 Å². The summed E-state index contributed by atoms with van der Waals surface area (Å²) in [6.45, 7) is 5.27. The third kappa shape index (κ3) is 5.35. The molecular weight excluding hydrogens is 400 g/mol. The van der Waals surface area contributed by atoms with Crippen molar-refractivity contribution in [2.24, 2.45) is 13.0 Å². The molecule has 3 rings (SSSR count). The van der Waals surface area contributed by atoms with E-state index >= 15 is 0 Å². The number of ketones is 1. The van der Waals surface area contributed by atoms with Crippen molar-refractivity contribution in [1.29, 1.82) is 0 Å². The van der Waals surface area contributed by atoms with Crippen LogP contribution in [0, 0.1) is 5.92 Å².